The molecule has 0 aromatic carbocycles. The summed E-state index contributed by atoms with van der Waals surface area (Å²) in [5.41, 5.74) is 1.03. The number of aromatic nitrogens is 1. The van der Waals surface area contributed by atoms with Gasteiger partial charge in [0.1, 0.15) is 5.56 Å². The molecule has 2 unspecified atom stereocenters. The summed E-state index contributed by atoms with van der Waals surface area (Å²) < 4.78 is 0. The summed E-state index contributed by atoms with van der Waals surface area (Å²) in [7, 11) is 1.94. The zero-order valence-electron chi connectivity index (χ0n) is 9.55. The fourth-order valence-corrected chi connectivity index (χ4v) is 1.99. The van der Waals surface area contributed by atoms with Crippen molar-refractivity contribution in [2.75, 3.05) is 18.5 Å². The Morgan fingerprint density at radius 1 is 1.69 bits per heavy atom. The van der Waals surface area contributed by atoms with E-state index in [0.29, 0.717) is 5.92 Å². The molecule has 0 aliphatic heterocycles. The molecule has 4 heteroatoms. The number of carboxylic acid groups (broad SMARTS) is 1. The molecule has 0 amide bonds. The van der Waals surface area contributed by atoms with E-state index in [0.717, 1.165) is 18.2 Å². The molecule has 16 heavy (non-hydrogen) atoms. The van der Waals surface area contributed by atoms with Crippen LogP contribution in [0.2, 0.25) is 0 Å². The van der Waals surface area contributed by atoms with Gasteiger partial charge in [0, 0.05) is 26.0 Å². The number of rotatable bonds is 4. The highest BCUT2D eigenvalue weighted by atomic mass is 16.4. The van der Waals surface area contributed by atoms with Crippen molar-refractivity contribution in [2.24, 2.45) is 11.8 Å². The highest BCUT2D eigenvalue weighted by Crippen LogP contribution is 2.38. The Hall–Kier alpha value is -1.58. The fourth-order valence-electron chi connectivity index (χ4n) is 1.99. The highest BCUT2D eigenvalue weighted by Gasteiger charge is 2.33. The molecule has 0 spiro atoms. The topological polar surface area (TPSA) is 53.4 Å². The molecule has 2 rings (SSSR count). The van der Waals surface area contributed by atoms with Gasteiger partial charge < -0.3 is 10.0 Å². The molecule has 1 saturated carbocycles. The van der Waals surface area contributed by atoms with E-state index in [9.17, 15) is 4.79 Å². The largest absolute Gasteiger partial charge is 0.478 e. The first-order chi connectivity index (χ1) is 7.59. The number of hydrogen-bond donors (Lipinski definition) is 1. The van der Waals surface area contributed by atoms with Crippen molar-refractivity contribution in [2.45, 2.75) is 13.3 Å². The molecule has 1 aliphatic carbocycles. The van der Waals surface area contributed by atoms with E-state index >= 15 is 0 Å². The van der Waals surface area contributed by atoms with Crippen molar-refractivity contribution < 1.29 is 9.90 Å². The number of carboxylic acids is 1. The lowest BCUT2D eigenvalue weighted by Crippen LogP contribution is -2.23. The van der Waals surface area contributed by atoms with Crippen LogP contribution in [-0.4, -0.2) is 29.7 Å². The van der Waals surface area contributed by atoms with Gasteiger partial charge in [0.25, 0.3) is 0 Å². The molecular formula is C12H16N2O2. The second-order valence-electron chi connectivity index (χ2n) is 4.55. The van der Waals surface area contributed by atoms with Crippen molar-refractivity contribution >= 4 is 11.7 Å². The van der Waals surface area contributed by atoms with Gasteiger partial charge in [0.2, 0.25) is 0 Å². The van der Waals surface area contributed by atoms with E-state index in [-0.39, 0.29) is 5.56 Å². The van der Waals surface area contributed by atoms with Gasteiger partial charge in [-0.15, -0.1) is 0 Å². The van der Waals surface area contributed by atoms with Gasteiger partial charge >= 0.3 is 5.97 Å². The summed E-state index contributed by atoms with van der Waals surface area (Å²) in [6.07, 6.45) is 4.29. The molecule has 4 nitrogen and oxygen atoms in total. The Balaban J connectivity index is 2.15. The number of pyridine rings is 1. The van der Waals surface area contributed by atoms with Crippen LogP contribution in [0.1, 0.15) is 23.7 Å². The van der Waals surface area contributed by atoms with Gasteiger partial charge in [0.05, 0.1) is 5.69 Å². The Morgan fingerprint density at radius 3 is 2.94 bits per heavy atom. The fraction of sp³-hybridized carbons (Fsp3) is 0.500. The quantitative estimate of drug-likeness (QED) is 0.841. The van der Waals surface area contributed by atoms with E-state index in [2.05, 4.69) is 11.9 Å². The third kappa shape index (κ3) is 2.15. The number of carbonyl (C=O) groups is 1. The molecule has 1 aromatic heterocycles. The van der Waals surface area contributed by atoms with Crippen molar-refractivity contribution in [3.63, 3.8) is 0 Å². The van der Waals surface area contributed by atoms with Crippen molar-refractivity contribution in [1.29, 1.82) is 0 Å². The molecule has 1 aromatic rings. The first-order valence-corrected chi connectivity index (χ1v) is 5.48. The van der Waals surface area contributed by atoms with Crippen LogP contribution >= 0.6 is 0 Å². The van der Waals surface area contributed by atoms with Gasteiger partial charge in [0.15, 0.2) is 0 Å². The van der Waals surface area contributed by atoms with Gasteiger partial charge in [-0.05, 0) is 24.3 Å². The first kappa shape index (κ1) is 10.9. The van der Waals surface area contributed by atoms with Crippen LogP contribution in [-0.2, 0) is 0 Å². The van der Waals surface area contributed by atoms with Crippen LogP contribution in [0.4, 0.5) is 5.69 Å². The van der Waals surface area contributed by atoms with Crippen LogP contribution in [0.25, 0.3) is 0 Å². The normalized spacial score (nSPS) is 22.9. The van der Waals surface area contributed by atoms with E-state index in [1.54, 1.807) is 12.3 Å². The predicted octanol–water partition coefficient (Wildman–Crippen LogP) is 1.87. The van der Waals surface area contributed by atoms with Crippen LogP contribution in [0.5, 0.6) is 0 Å². The first-order valence-electron chi connectivity index (χ1n) is 5.48. The van der Waals surface area contributed by atoms with Crippen molar-refractivity contribution in [3.05, 3.63) is 24.0 Å². The number of nitrogens with zero attached hydrogens (tertiary/aromatic N) is 2. The minimum atomic E-state index is -0.918. The Morgan fingerprint density at radius 2 is 2.38 bits per heavy atom. The molecule has 1 aliphatic rings. The van der Waals surface area contributed by atoms with Crippen LogP contribution < -0.4 is 4.90 Å². The Labute approximate surface area is 94.9 Å². The Kier molecular flexibility index (Phi) is 2.81. The minimum absolute atomic E-state index is 0.276. The molecule has 1 fully saturated rings. The maximum atomic E-state index is 11.0. The molecule has 0 bridgehead atoms. The van der Waals surface area contributed by atoms with E-state index < -0.39 is 5.97 Å². The monoisotopic (exact) mass is 220 g/mol. The third-order valence-corrected chi connectivity index (χ3v) is 3.22. The predicted molar refractivity (Wildman–Crippen MR) is 61.7 cm³/mol. The smallest absolute Gasteiger partial charge is 0.339 e. The second-order valence-corrected chi connectivity index (χ2v) is 4.55. The highest BCUT2D eigenvalue weighted by molar-refractivity contribution is 5.93. The Bertz CT molecular complexity index is 406. The molecule has 2 atom stereocenters. The average Bonchev–Trinajstić information content (AvgIpc) is 2.94. The third-order valence-electron chi connectivity index (χ3n) is 3.22. The number of hydrogen-bond acceptors (Lipinski definition) is 3. The van der Waals surface area contributed by atoms with Gasteiger partial charge in [-0.25, -0.2) is 4.79 Å². The summed E-state index contributed by atoms with van der Waals surface area (Å²) in [5.74, 6) is 0.566. The molecule has 1 N–H and O–H groups in total. The number of anilines is 1. The zero-order valence-corrected chi connectivity index (χ0v) is 9.55. The maximum Gasteiger partial charge on any atom is 0.339 e. The SMILES string of the molecule is CC1CC1CN(C)c1ccncc1C(=O)O. The number of aromatic carboxylic acids is 1. The van der Waals surface area contributed by atoms with E-state index in [1.807, 2.05) is 11.9 Å². The molecule has 1 heterocycles. The van der Waals surface area contributed by atoms with Gasteiger partial charge in [-0.2, -0.15) is 0 Å². The average molecular weight is 220 g/mol. The second kappa shape index (κ2) is 4.12. The molecular weight excluding hydrogens is 204 g/mol. The standard InChI is InChI=1S/C12H16N2O2/c1-8-5-9(8)7-14(2)11-3-4-13-6-10(11)12(15)16/h3-4,6,8-9H,5,7H2,1-2H3,(H,15,16). The van der Waals surface area contributed by atoms with Crippen LogP contribution in [0.15, 0.2) is 18.5 Å². The van der Waals surface area contributed by atoms with Crippen LogP contribution in [0.3, 0.4) is 0 Å². The lowest BCUT2D eigenvalue weighted by molar-refractivity contribution is 0.0697. The summed E-state index contributed by atoms with van der Waals surface area (Å²) >= 11 is 0. The molecule has 0 saturated heterocycles. The van der Waals surface area contributed by atoms with Crippen molar-refractivity contribution in [3.8, 4) is 0 Å². The van der Waals surface area contributed by atoms with Crippen molar-refractivity contribution in [1.82, 2.24) is 4.98 Å². The summed E-state index contributed by atoms with van der Waals surface area (Å²) in [4.78, 5) is 16.9. The molecule has 0 radical (unpaired) electrons. The lowest BCUT2D eigenvalue weighted by Gasteiger charge is -2.20. The maximum absolute atomic E-state index is 11.0. The van der Waals surface area contributed by atoms with E-state index in [1.165, 1.54) is 12.6 Å². The van der Waals surface area contributed by atoms with E-state index in [4.69, 9.17) is 5.11 Å². The summed E-state index contributed by atoms with van der Waals surface area (Å²) in [6.45, 7) is 3.15. The zero-order chi connectivity index (χ0) is 11.7. The van der Waals surface area contributed by atoms with Crippen LogP contribution in [0, 0.1) is 11.8 Å². The summed E-state index contributed by atoms with van der Waals surface area (Å²) in [6, 6.07) is 1.76. The lowest BCUT2D eigenvalue weighted by atomic mass is 10.2. The van der Waals surface area contributed by atoms with Gasteiger partial charge in [-0.1, -0.05) is 6.92 Å². The summed E-state index contributed by atoms with van der Waals surface area (Å²) in [5, 5.41) is 9.05. The van der Waals surface area contributed by atoms with Gasteiger partial charge in [-0.3, -0.25) is 4.98 Å². The molecule has 86 valence electrons. The minimum Gasteiger partial charge on any atom is -0.478 e.